The lowest BCUT2D eigenvalue weighted by molar-refractivity contribution is 0.0986. The van der Waals surface area contributed by atoms with Gasteiger partial charge in [-0.2, -0.15) is 4.37 Å². The van der Waals surface area contributed by atoms with Crippen LogP contribution in [0.2, 0.25) is 0 Å². The molecule has 0 unspecified atom stereocenters. The SMILES string of the molecule is COc1ccc(COc2nsc3c(-c4ccccc4S(C)(=O)=O)cc(N4CCOC[C@H]4C)nc23)cc1. The average molecular weight is 526 g/mol. The fourth-order valence-electron chi connectivity index (χ4n) is 4.28. The standard InChI is InChI=1S/C26H27N3O5S2/c1-17-15-33-13-12-29(17)23-14-21(20-6-4-5-7-22(20)36(3,30)31)25-24(27-23)26(28-35-25)34-16-18-8-10-19(32-2)11-9-18/h4-11,14,17H,12-13,15-16H2,1-3H3/t17-/m1/s1. The number of aromatic nitrogens is 2. The van der Waals surface area contributed by atoms with Gasteiger partial charge in [-0.05, 0) is 48.3 Å². The first kappa shape index (κ1) is 24.5. The lowest BCUT2D eigenvalue weighted by atomic mass is 10.1. The number of rotatable bonds is 7. The van der Waals surface area contributed by atoms with Crippen molar-refractivity contribution in [2.24, 2.45) is 0 Å². The van der Waals surface area contributed by atoms with E-state index in [1.165, 1.54) is 17.8 Å². The molecule has 0 bridgehead atoms. The first-order valence-corrected chi connectivity index (χ1v) is 14.2. The van der Waals surface area contributed by atoms with Crippen LogP contribution in [0.3, 0.4) is 0 Å². The molecule has 2 aromatic heterocycles. The highest BCUT2D eigenvalue weighted by atomic mass is 32.2. The summed E-state index contributed by atoms with van der Waals surface area (Å²) in [6, 6.07) is 16.8. The van der Waals surface area contributed by atoms with Gasteiger partial charge in [0.15, 0.2) is 9.84 Å². The summed E-state index contributed by atoms with van der Waals surface area (Å²) >= 11 is 1.26. The molecule has 1 fully saturated rings. The number of anilines is 1. The van der Waals surface area contributed by atoms with E-state index in [-0.39, 0.29) is 10.9 Å². The Hall–Kier alpha value is -3.21. The summed E-state index contributed by atoms with van der Waals surface area (Å²) in [7, 11) is -1.83. The third-order valence-corrected chi connectivity index (χ3v) is 8.16. The molecule has 3 heterocycles. The van der Waals surface area contributed by atoms with Crippen LogP contribution >= 0.6 is 11.5 Å². The molecule has 1 saturated heterocycles. The Balaban J connectivity index is 1.62. The number of sulfone groups is 1. The van der Waals surface area contributed by atoms with Gasteiger partial charge in [-0.3, -0.25) is 0 Å². The lowest BCUT2D eigenvalue weighted by Gasteiger charge is -2.34. The van der Waals surface area contributed by atoms with E-state index in [0.717, 1.165) is 27.4 Å². The summed E-state index contributed by atoms with van der Waals surface area (Å²) in [6.45, 7) is 4.28. The summed E-state index contributed by atoms with van der Waals surface area (Å²) in [6.07, 6.45) is 1.23. The highest BCUT2D eigenvalue weighted by Crippen LogP contribution is 2.40. The summed E-state index contributed by atoms with van der Waals surface area (Å²) in [5.41, 5.74) is 2.98. The number of nitrogens with zero attached hydrogens (tertiary/aromatic N) is 3. The molecule has 36 heavy (non-hydrogen) atoms. The third kappa shape index (κ3) is 4.88. The number of hydrogen-bond acceptors (Lipinski definition) is 9. The zero-order valence-corrected chi connectivity index (χ0v) is 21.9. The number of fused-ring (bicyclic) bond motifs is 1. The monoisotopic (exact) mass is 525 g/mol. The highest BCUT2D eigenvalue weighted by Gasteiger charge is 2.25. The minimum Gasteiger partial charge on any atom is -0.497 e. The summed E-state index contributed by atoms with van der Waals surface area (Å²) in [4.78, 5) is 7.40. The minimum absolute atomic E-state index is 0.122. The molecular weight excluding hydrogens is 498 g/mol. The lowest BCUT2D eigenvalue weighted by Crippen LogP contribution is -2.44. The molecule has 10 heteroatoms. The van der Waals surface area contributed by atoms with Crippen molar-refractivity contribution in [2.45, 2.75) is 24.5 Å². The van der Waals surface area contributed by atoms with Gasteiger partial charge < -0.3 is 19.1 Å². The van der Waals surface area contributed by atoms with E-state index in [2.05, 4.69) is 16.2 Å². The second-order valence-corrected chi connectivity index (χ2v) is 11.5. The molecule has 5 rings (SSSR count). The topological polar surface area (TPSA) is 90.9 Å². The Bertz CT molecular complexity index is 1490. The zero-order valence-electron chi connectivity index (χ0n) is 20.3. The second kappa shape index (κ2) is 10.0. The van der Waals surface area contributed by atoms with E-state index in [1.54, 1.807) is 19.2 Å². The summed E-state index contributed by atoms with van der Waals surface area (Å²) < 4.78 is 47.6. The van der Waals surface area contributed by atoms with Gasteiger partial charge in [-0.1, -0.05) is 30.3 Å². The number of hydrogen-bond donors (Lipinski definition) is 0. The quantitative estimate of drug-likeness (QED) is 0.347. The van der Waals surface area contributed by atoms with Crippen molar-refractivity contribution in [3.05, 3.63) is 60.2 Å². The van der Waals surface area contributed by atoms with Crippen molar-refractivity contribution < 1.29 is 22.6 Å². The summed E-state index contributed by atoms with van der Waals surface area (Å²) in [5.74, 6) is 1.94. The van der Waals surface area contributed by atoms with Gasteiger partial charge in [-0.25, -0.2) is 13.4 Å². The maximum Gasteiger partial charge on any atom is 0.252 e. The van der Waals surface area contributed by atoms with E-state index >= 15 is 0 Å². The van der Waals surface area contributed by atoms with Gasteiger partial charge in [0.1, 0.15) is 23.7 Å². The molecule has 1 aliphatic rings. The Morgan fingerprint density at radius 1 is 1.14 bits per heavy atom. The number of methoxy groups -OCH3 is 1. The second-order valence-electron chi connectivity index (χ2n) is 8.72. The Morgan fingerprint density at radius 2 is 1.92 bits per heavy atom. The van der Waals surface area contributed by atoms with Crippen LogP contribution in [0.4, 0.5) is 5.82 Å². The van der Waals surface area contributed by atoms with Gasteiger partial charge >= 0.3 is 0 Å². The molecule has 0 amide bonds. The van der Waals surface area contributed by atoms with E-state index in [1.807, 2.05) is 42.5 Å². The molecule has 1 aliphatic heterocycles. The molecule has 1 atom stereocenters. The van der Waals surface area contributed by atoms with Crippen LogP contribution in [0.15, 0.2) is 59.5 Å². The van der Waals surface area contributed by atoms with Gasteiger partial charge in [-0.15, -0.1) is 0 Å². The van der Waals surface area contributed by atoms with E-state index in [0.29, 0.717) is 43.3 Å². The van der Waals surface area contributed by atoms with E-state index in [4.69, 9.17) is 19.2 Å². The highest BCUT2D eigenvalue weighted by molar-refractivity contribution is 7.90. The maximum absolute atomic E-state index is 12.6. The largest absolute Gasteiger partial charge is 0.497 e. The predicted molar refractivity (Wildman–Crippen MR) is 141 cm³/mol. The number of morpholine rings is 1. The molecule has 2 aromatic carbocycles. The van der Waals surface area contributed by atoms with Gasteiger partial charge in [0, 0.05) is 23.9 Å². The number of pyridine rings is 1. The average Bonchev–Trinajstić information content (AvgIpc) is 3.30. The molecule has 0 N–H and O–H groups in total. The number of benzene rings is 2. The first-order chi connectivity index (χ1) is 17.3. The fourth-order valence-corrected chi connectivity index (χ4v) is 5.99. The van der Waals surface area contributed by atoms with Crippen molar-refractivity contribution in [2.75, 3.05) is 38.0 Å². The van der Waals surface area contributed by atoms with Crippen LogP contribution in [0.25, 0.3) is 21.3 Å². The predicted octanol–water partition coefficient (Wildman–Crippen LogP) is 4.57. The smallest absolute Gasteiger partial charge is 0.252 e. The van der Waals surface area contributed by atoms with Crippen LogP contribution in [0.1, 0.15) is 12.5 Å². The van der Waals surface area contributed by atoms with Crippen LogP contribution in [-0.4, -0.2) is 56.9 Å². The molecule has 4 aromatic rings. The number of ether oxygens (including phenoxy) is 3. The van der Waals surface area contributed by atoms with Gasteiger partial charge in [0.25, 0.3) is 5.88 Å². The Kier molecular flexibility index (Phi) is 6.83. The molecule has 0 saturated carbocycles. The molecule has 0 spiro atoms. The van der Waals surface area contributed by atoms with Crippen molar-refractivity contribution in [1.29, 1.82) is 0 Å². The van der Waals surface area contributed by atoms with E-state index < -0.39 is 9.84 Å². The van der Waals surface area contributed by atoms with Crippen molar-refractivity contribution >= 4 is 37.4 Å². The Morgan fingerprint density at radius 3 is 2.64 bits per heavy atom. The summed E-state index contributed by atoms with van der Waals surface area (Å²) in [5, 5.41) is 0. The van der Waals surface area contributed by atoms with Gasteiger partial charge in [0.2, 0.25) is 0 Å². The molecule has 8 nitrogen and oxygen atoms in total. The van der Waals surface area contributed by atoms with Crippen molar-refractivity contribution in [3.63, 3.8) is 0 Å². The van der Waals surface area contributed by atoms with E-state index in [9.17, 15) is 8.42 Å². The van der Waals surface area contributed by atoms with Gasteiger partial charge in [0.05, 0.1) is 36.0 Å². The van der Waals surface area contributed by atoms with Crippen molar-refractivity contribution in [1.82, 2.24) is 9.36 Å². The normalized spacial score (nSPS) is 16.3. The van der Waals surface area contributed by atoms with Crippen LogP contribution in [0.5, 0.6) is 11.6 Å². The molecular formula is C26H27N3O5S2. The Labute approximate surface area is 214 Å². The van der Waals surface area contributed by atoms with Crippen LogP contribution in [0, 0.1) is 0 Å². The first-order valence-electron chi connectivity index (χ1n) is 11.5. The molecule has 0 aliphatic carbocycles. The van der Waals surface area contributed by atoms with Crippen LogP contribution < -0.4 is 14.4 Å². The minimum atomic E-state index is -3.46. The molecule has 188 valence electrons. The fraction of sp³-hybridized carbons (Fsp3) is 0.308. The van der Waals surface area contributed by atoms with Crippen molar-refractivity contribution in [3.8, 4) is 22.8 Å². The van der Waals surface area contributed by atoms with Crippen LogP contribution in [-0.2, 0) is 21.2 Å². The third-order valence-electron chi connectivity index (χ3n) is 6.16. The zero-order chi connectivity index (χ0) is 25.3. The molecule has 0 radical (unpaired) electrons. The maximum atomic E-state index is 12.6.